The summed E-state index contributed by atoms with van der Waals surface area (Å²) in [6.07, 6.45) is 2.49. The molecule has 0 aliphatic carbocycles. The average Bonchev–Trinajstić information content (AvgIpc) is 2.65. The Hall–Kier alpha value is -0.650. The van der Waals surface area contributed by atoms with Gasteiger partial charge < -0.3 is 11.1 Å². The van der Waals surface area contributed by atoms with Crippen LogP contribution in [0, 0.1) is 5.92 Å². The second-order valence-corrected chi connectivity index (χ2v) is 6.01. The van der Waals surface area contributed by atoms with Crippen molar-refractivity contribution < 1.29 is 4.79 Å². The SMILES string of the molecule is CC(C)C[C@H](N)C(=O)Nc1ncc(C(C)C)s1.Cl. The molecule has 1 atom stereocenters. The van der Waals surface area contributed by atoms with E-state index in [1.54, 1.807) is 6.20 Å². The van der Waals surface area contributed by atoms with Crippen molar-refractivity contribution in [2.45, 2.75) is 46.1 Å². The largest absolute Gasteiger partial charge is 0.320 e. The molecule has 0 unspecified atom stereocenters. The number of amides is 1. The fourth-order valence-corrected chi connectivity index (χ4v) is 2.25. The standard InChI is InChI=1S/C12H21N3OS.ClH/c1-7(2)5-9(13)11(16)15-12-14-6-10(17-12)8(3)4;/h6-9H,5,13H2,1-4H3,(H,14,15,16);1H/t9-;/m0./s1. The third kappa shape index (κ3) is 5.33. The van der Waals surface area contributed by atoms with Crippen LogP contribution in [0.3, 0.4) is 0 Å². The summed E-state index contributed by atoms with van der Waals surface area (Å²) >= 11 is 1.51. The molecule has 6 heteroatoms. The molecule has 1 rings (SSSR count). The van der Waals surface area contributed by atoms with Crippen LogP contribution < -0.4 is 11.1 Å². The Morgan fingerprint density at radius 3 is 2.50 bits per heavy atom. The highest BCUT2D eigenvalue weighted by Crippen LogP contribution is 2.25. The van der Waals surface area contributed by atoms with Crippen molar-refractivity contribution in [2.24, 2.45) is 11.7 Å². The molecule has 1 heterocycles. The maximum atomic E-state index is 11.8. The molecule has 0 radical (unpaired) electrons. The summed E-state index contributed by atoms with van der Waals surface area (Å²) in [5, 5.41) is 3.40. The number of aromatic nitrogens is 1. The van der Waals surface area contributed by atoms with Gasteiger partial charge in [0, 0.05) is 11.1 Å². The number of nitrogens with zero attached hydrogens (tertiary/aromatic N) is 1. The van der Waals surface area contributed by atoms with E-state index in [2.05, 4.69) is 24.1 Å². The summed E-state index contributed by atoms with van der Waals surface area (Å²) in [5.41, 5.74) is 5.80. The Morgan fingerprint density at radius 2 is 2.06 bits per heavy atom. The molecule has 0 aliphatic rings. The Balaban J connectivity index is 0.00000289. The lowest BCUT2D eigenvalue weighted by molar-refractivity contribution is -0.117. The molecule has 4 nitrogen and oxygen atoms in total. The topological polar surface area (TPSA) is 68.0 Å². The molecule has 1 aromatic heterocycles. The third-order valence-electron chi connectivity index (χ3n) is 2.38. The summed E-state index contributed by atoms with van der Waals surface area (Å²) in [6.45, 7) is 8.30. The minimum atomic E-state index is -0.457. The van der Waals surface area contributed by atoms with Gasteiger partial charge in [-0.3, -0.25) is 4.79 Å². The Morgan fingerprint density at radius 1 is 1.44 bits per heavy atom. The fraction of sp³-hybridized carbons (Fsp3) is 0.667. The highest BCUT2D eigenvalue weighted by Gasteiger charge is 2.16. The van der Waals surface area contributed by atoms with E-state index in [4.69, 9.17) is 5.73 Å². The zero-order valence-corrected chi connectivity index (χ0v) is 12.9. The van der Waals surface area contributed by atoms with Crippen LogP contribution in [0.15, 0.2) is 6.20 Å². The van der Waals surface area contributed by atoms with Crippen LogP contribution in [0.2, 0.25) is 0 Å². The molecule has 0 aliphatic heterocycles. The van der Waals surface area contributed by atoms with Gasteiger partial charge in [0.15, 0.2) is 5.13 Å². The summed E-state index contributed by atoms with van der Waals surface area (Å²) in [5.74, 6) is 0.698. The van der Waals surface area contributed by atoms with Gasteiger partial charge in [0.25, 0.3) is 0 Å². The molecule has 3 N–H and O–H groups in total. The number of hydrogen-bond acceptors (Lipinski definition) is 4. The van der Waals surface area contributed by atoms with Crippen molar-refractivity contribution in [3.63, 3.8) is 0 Å². The van der Waals surface area contributed by atoms with Crippen LogP contribution in [-0.2, 0) is 4.79 Å². The lowest BCUT2D eigenvalue weighted by atomic mass is 10.0. The first kappa shape index (κ1) is 17.4. The number of carbonyl (C=O) groups is 1. The molecule has 18 heavy (non-hydrogen) atoms. The van der Waals surface area contributed by atoms with Crippen LogP contribution >= 0.6 is 23.7 Å². The maximum Gasteiger partial charge on any atom is 0.243 e. The van der Waals surface area contributed by atoms with Crippen molar-refractivity contribution in [2.75, 3.05) is 5.32 Å². The normalized spacial score (nSPS) is 12.4. The molecular formula is C12H22ClN3OS. The van der Waals surface area contributed by atoms with E-state index in [1.165, 1.54) is 11.3 Å². The van der Waals surface area contributed by atoms with Gasteiger partial charge >= 0.3 is 0 Å². The highest BCUT2D eigenvalue weighted by atomic mass is 35.5. The average molecular weight is 292 g/mol. The van der Waals surface area contributed by atoms with Gasteiger partial charge in [0.1, 0.15) is 0 Å². The first-order valence-electron chi connectivity index (χ1n) is 5.92. The monoisotopic (exact) mass is 291 g/mol. The fourth-order valence-electron chi connectivity index (χ4n) is 1.42. The quantitative estimate of drug-likeness (QED) is 0.876. The van der Waals surface area contributed by atoms with E-state index in [-0.39, 0.29) is 18.3 Å². The minimum absolute atomic E-state index is 0. The molecule has 0 aromatic carbocycles. The summed E-state index contributed by atoms with van der Waals surface area (Å²) in [4.78, 5) is 17.1. The minimum Gasteiger partial charge on any atom is -0.320 e. The van der Waals surface area contributed by atoms with Gasteiger partial charge in [-0.05, 0) is 18.3 Å². The molecule has 0 spiro atoms. The first-order valence-corrected chi connectivity index (χ1v) is 6.74. The number of thiazole rings is 1. The van der Waals surface area contributed by atoms with Gasteiger partial charge in [-0.2, -0.15) is 0 Å². The summed E-state index contributed by atoms with van der Waals surface area (Å²) < 4.78 is 0. The van der Waals surface area contributed by atoms with Gasteiger partial charge in [0.2, 0.25) is 5.91 Å². The van der Waals surface area contributed by atoms with Crippen LogP contribution in [0.5, 0.6) is 0 Å². The van der Waals surface area contributed by atoms with Crippen LogP contribution in [0.25, 0.3) is 0 Å². The van der Waals surface area contributed by atoms with Gasteiger partial charge in [-0.1, -0.05) is 27.7 Å². The van der Waals surface area contributed by atoms with Crippen LogP contribution in [-0.4, -0.2) is 16.9 Å². The van der Waals surface area contributed by atoms with Crippen molar-refractivity contribution in [3.05, 3.63) is 11.1 Å². The predicted molar refractivity (Wildman–Crippen MR) is 79.5 cm³/mol. The molecule has 1 aromatic rings. The van der Waals surface area contributed by atoms with Crippen molar-refractivity contribution in [3.8, 4) is 0 Å². The molecule has 0 fully saturated rings. The second-order valence-electron chi connectivity index (χ2n) is 4.95. The number of halogens is 1. The van der Waals surface area contributed by atoms with E-state index in [9.17, 15) is 4.79 Å². The molecular weight excluding hydrogens is 270 g/mol. The zero-order chi connectivity index (χ0) is 13.0. The number of rotatable bonds is 5. The van der Waals surface area contributed by atoms with E-state index in [0.29, 0.717) is 23.4 Å². The first-order chi connectivity index (χ1) is 7.90. The van der Waals surface area contributed by atoms with Gasteiger partial charge in [0.05, 0.1) is 6.04 Å². The summed E-state index contributed by atoms with van der Waals surface area (Å²) in [6, 6.07) is -0.457. The zero-order valence-electron chi connectivity index (χ0n) is 11.3. The number of carbonyl (C=O) groups excluding carboxylic acids is 1. The molecule has 0 saturated carbocycles. The number of hydrogen-bond donors (Lipinski definition) is 2. The third-order valence-corrected chi connectivity index (χ3v) is 3.60. The Labute approximate surface area is 119 Å². The number of nitrogens with one attached hydrogen (secondary N) is 1. The number of anilines is 1. The van der Waals surface area contributed by atoms with E-state index >= 15 is 0 Å². The highest BCUT2D eigenvalue weighted by molar-refractivity contribution is 7.15. The van der Waals surface area contributed by atoms with E-state index in [0.717, 1.165) is 4.88 Å². The molecule has 0 bridgehead atoms. The van der Waals surface area contributed by atoms with Crippen molar-refractivity contribution >= 4 is 34.8 Å². The maximum absolute atomic E-state index is 11.8. The Kier molecular flexibility index (Phi) is 7.43. The smallest absolute Gasteiger partial charge is 0.243 e. The van der Waals surface area contributed by atoms with Gasteiger partial charge in [-0.15, -0.1) is 23.7 Å². The second kappa shape index (κ2) is 7.71. The van der Waals surface area contributed by atoms with Gasteiger partial charge in [-0.25, -0.2) is 4.98 Å². The summed E-state index contributed by atoms with van der Waals surface area (Å²) in [7, 11) is 0. The van der Waals surface area contributed by atoms with Crippen LogP contribution in [0.4, 0.5) is 5.13 Å². The van der Waals surface area contributed by atoms with E-state index < -0.39 is 6.04 Å². The number of nitrogens with two attached hydrogens (primary N) is 1. The Bertz CT molecular complexity index is 379. The van der Waals surface area contributed by atoms with Crippen LogP contribution in [0.1, 0.15) is 44.9 Å². The molecule has 1 amide bonds. The lowest BCUT2D eigenvalue weighted by Gasteiger charge is -2.12. The van der Waals surface area contributed by atoms with E-state index in [1.807, 2.05) is 13.8 Å². The van der Waals surface area contributed by atoms with Crippen molar-refractivity contribution in [1.29, 1.82) is 0 Å². The lowest BCUT2D eigenvalue weighted by Crippen LogP contribution is -2.36. The molecule has 0 saturated heterocycles. The molecule has 104 valence electrons. The van der Waals surface area contributed by atoms with Crippen molar-refractivity contribution in [1.82, 2.24) is 4.98 Å². The predicted octanol–water partition coefficient (Wildman–Crippen LogP) is 3.00.